The first kappa shape index (κ1) is 16.4. The molecule has 0 spiro atoms. The molecule has 21 heavy (non-hydrogen) atoms. The van der Waals surface area contributed by atoms with Crippen molar-refractivity contribution in [2.24, 2.45) is 0 Å². The molecule has 1 aromatic rings. The minimum atomic E-state index is -3.11. The van der Waals surface area contributed by atoms with Gasteiger partial charge in [-0.2, -0.15) is 11.3 Å². The molecule has 0 atom stereocenters. The van der Waals surface area contributed by atoms with Crippen LogP contribution in [0.4, 0.5) is 0 Å². The second kappa shape index (κ2) is 7.35. The fourth-order valence-electron chi connectivity index (χ4n) is 2.20. The van der Waals surface area contributed by atoms with E-state index in [2.05, 4.69) is 9.62 Å². The SMILES string of the molecule is CCS(=O)(=O)NCCN1CCN(C(=O)c2ccsc2)CC1. The van der Waals surface area contributed by atoms with Gasteiger partial charge in [0.2, 0.25) is 10.0 Å². The number of hydrogen-bond donors (Lipinski definition) is 1. The predicted molar refractivity (Wildman–Crippen MR) is 84.1 cm³/mol. The Hall–Kier alpha value is -0.960. The number of piperazine rings is 1. The molecule has 0 bridgehead atoms. The van der Waals surface area contributed by atoms with Crippen molar-refractivity contribution < 1.29 is 13.2 Å². The summed E-state index contributed by atoms with van der Waals surface area (Å²) in [7, 11) is -3.11. The van der Waals surface area contributed by atoms with Crippen LogP contribution in [0.1, 0.15) is 17.3 Å². The van der Waals surface area contributed by atoms with E-state index in [4.69, 9.17) is 0 Å². The number of amides is 1. The fourth-order valence-corrected chi connectivity index (χ4v) is 3.44. The van der Waals surface area contributed by atoms with Gasteiger partial charge in [-0.05, 0) is 18.4 Å². The maximum atomic E-state index is 12.2. The number of thiophene rings is 1. The molecular formula is C13H21N3O3S2. The molecule has 8 heteroatoms. The summed E-state index contributed by atoms with van der Waals surface area (Å²) >= 11 is 1.52. The van der Waals surface area contributed by atoms with Gasteiger partial charge in [-0.3, -0.25) is 9.69 Å². The third-order valence-electron chi connectivity index (χ3n) is 3.56. The Morgan fingerprint density at radius 2 is 2.05 bits per heavy atom. The van der Waals surface area contributed by atoms with Gasteiger partial charge in [0, 0.05) is 44.6 Å². The average Bonchev–Trinajstić information content (AvgIpc) is 3.01. The van der Waals surface area contributed by atoms with E-state index >= 15 is 0 Å². The van der Waals surface area contributed by atoms with Crippen molar-refractivity contribution in [2.75, 3.05) is 45.0 Å². The molecule has 1 aliphatic rings. The zero-order chi connectivity index (χ0) is 15.3. The Morgan fingerprint density at radius 3 is 2.62 bits per heavy atom. The Kier molecular flexibility index (Phi) is 5.74. The average molecular weight is 331 g/mol. The molecule has 1 aromatic heterocycles. The van der Waals surface area contributed by atoms with E-state index in [1.54, 1.807) is 6.92 Å². The minimum Gasteiger partial charge on any atom is -0.336 e. The van der Waals surface area contributed by atoms with Gasteiger partial charge in [0.05, 0.1) is 11.3 Å². The van der Waals surface area contributed by atoms with Gasteiger partial charge in [-0.1, -0.05) is 0 Å². The van der Waals surface area contributed by atoms with Gasteiger partial charge in [0.1, 0.15) is 0 Å². The Morgan fingerprint density at radius 1 is 1.33 bits per heavy atom. The second-order valence-corrected chi connectivity index (χ2v) is 7.82. The van der Waals surface area contributed by atoms with Crippen LogP contribution in [0.2, 0.25) is 0 Å². The first-order chi connectivity index (χ1) is 10.0. The highest BCUT2D eigenvalue weighted by molar-refractivity contribution is 7.89. The quantitative estimate of drug-likeness (QED) is 0.821. The third-order valence-corrected chi connectivity index (χ3v) is 5.64. The Bertz CT molecular complexity index is 549. The number of nitrogens with one attached hydrogen (secondary N) is 1. The Balaban J connectivity index is 1.72. The molecule has 6 nitrogen and oxygen atoms in total. The second-order valence-electron chi connectivity index (χ2n) is 4.94. The highest BCUT2D eigenvalue weighted by Gasteiger charge is 2.22. The topological polar surface area (TPSA) is 69.7 Å². The van der Waals surface area contributed by atoms with Crippen LogP contribution in [-0.4, -0.2) is 69.1 Å². The van der Waals surface area contributed by atoms with Crippen molar-refractivity contribution in [1.29, 1.82) is 0 Å². The lowest BCUT2D eigenvalue weighted by Crippen LogP contribution is -2.50. The van der Waals surface area contributed by atoms with Gasteiger partial charge >= 0.3 is 0 Å². The molecule has 118 valence electrons. The van der Waals surface area contributed by atoms with Crippen molar-refractivity contribution >= 4 is 27.3 Å². The standard InChI is InChI=1S/C13H21N3O3S2/c1-2-21(18,19)14-4-5-15-6-8-16(9-7-15)13(17)12-3-10-20-11-12/h3,10-11,14H,2,4-9H2,1H3. The molecule has 2 rings (SSSR count). The zero-order valence-electron chi connectivity index (χ0n) is 12.1. The first-order valence-corrected chi connectivity index (χ1v) is 9.62. The molecule has 2 heterocycles. The lowest BCUT2D eigenvalue weighted by atomic mass is 10.2. The van der Waals surface area contributed by atoms with Crippen LogP contribution in [0.15, 0.2) is 16.8 Å². The summed E-state index contributed by atoms with van der Waals surface area (Å²) < 4.78 is 25.2. The van der Waals surface area contributed by atoms with Crippen LogP contribution >= 0.6 is 11.3 Å². The van der Waals surface area contributed by atoms with Gasteiger partial charge in [0.25, 0.3) is 5.91 Å². The van der Waals surface area contributed by atoms with Gasteiger partial charge in [-0.25, -0.2) is 13.1 Å². The molecule has 1 saturated heterocycles. The number of carbonyl (C=O) groups is 1. The van der Waals surface area contributed by atoms with E-state index in [-0.39, 0.29) is 11.7 Å². The molecular weight excluding hydrogens is 310 g/mol. The van der Waals surface area contributed by atoms with Crippen LogP contribution in [-0.2, 0) is 10.0 Å². The lowest BCUT2D eigenvalue weighted by Gasteiger charge is -2.34. The smallest absolute Gasteiger partial charge is 0.254 e. The zero-order valence-corrected chi connectivity index (χ0v) is 13.8. The van der Waals surface area contributed by atoms with Crippen molar-refractivity contribution in [3.63, 3.8) is 0 Å². The van der Waals surface area contributed by atoms with Crippen LogP contribution < -0.4 is 4.72 Å². The number of sulfonamides is 1. The molecule has 0 unspecified atom stereocenters. The van der Waals surface area contributed by atoms with Gasteiger partial charge < -0.3 is 4.90 Å². The van der Waals surface area contributed by atoms with E-state index in [1.165, 1.54) is 11.3 Å². The van der Waals surface area contributed by atoms with E-state index in [0.717, 1.165) is 18.7 Å². The molecule has 0 aromatic carbocycles. The molecule has 0 aliphatic carbocycles. The largest absolute Gasteiger partial charge is 0.336 e. The Labute approximate surface area is 129 Å². The number of rotatable bonds is 6. The number of carbonyl (C=O) groups excluding carboxylic acids is 1. The van der Waals surface area contributed by atoms with Gasteiger partial charge in [-0.15, -0.1) is 0 Å². The van der Waals surface area contributed by atoms with Crippen molar-refractivity contribution in [3.8, 4) is 0 Å². The highest BCUT2D eigenvalue weighted by atomic mass is 32.2. The summed E-state index contributed by atoms with van der Waals surface area (Å²) in [5, 5.41) is 3.78. The maximum absolute atomic E-state index is 12.2. The molecule has 1 amide bonds. The van der Waals surface area contributed by atoms with Crippen LogP contribution in [0.3, 0.4) is 0 Å². The number of hydrogen-bond acceptors (Lipinski definition) is 5. The summed E-state index contributed by atoms with van der Waals surface area (Å²) in [6, 6.07) is 1.85. The van der Waals surface area contributed by atoms with Crippen molar-refractivity contribution in [2.45, 2.75) is 6.92 Å². The third kappa shape index (κ3) is 4.77. The van der Waals surface area contributed by atoms with Gasteiger partial charge in [0.15, 0.2) is 0 Å². The molecule has 1 N–H and O–H groups in total. The molecule has 0 radical (unpaired) electrons. The van der Waals surface area contributed by atoms with Crippen LogP contribution in [0.25, 0.3) is 0 Å². The maximum Gasteiger partial charge on any atom is 0.254 e. The monoisotopic (exact) mass is 331 g/mol. The summed E-state index contributed by atoms with van der Waals surface area (Å²) in [6.45, 7) is 5.67. The number of nitrogens with zero attached hydrogens (tertiary/aromatic N) is 2. The normalized spacial score (nSPS) is 17.1. The van der Waals surface area contributed by atoms with Crippen LogP contribution in [0, 0.1) is 0 Å². The lowest BCUT2D eigenvalue weighted by molar-refractivity contribution is 0.0640. The van der Waals surface area contributed by atoms with E-state index < -0.39 is 10.0 Å². The molecule has 1 fully saturated rings. The van der Waals surface area contributed by atoms with E-state index in [1.807, 2.05) is 21.7 Å². The van der Waals surface area contributed by atoms with E-state index in [9.17, 15) is 13.2 Å². The minimum absolute atomic E-state index is 0.0857. The summed E-state index contributed by atoms with van der Waals surface area (Å²) in [5.74, 6) is 0.193. The summed E-state index contributed by atoms with van der Waals surface area (Å²) in [5.41, 5.74) is 0.754. The predicted octanol–water partition coefficient (Wildman–Crippen LogP) is 0.445. The first-order valence-electron chi connectivity index (χ1n) is 7.03. The van der Waals surface area contributed by atoms with Crippen molar-refractivity contribution in [1.82, 2.24) is 14.5 Å². The van der Waals surface area contributed by atoms with E-state index in [0.29, 0.717) is 26.2 Å². The summed E-state index contributed by atoms with van der Waals surface area (Å²) in [6.07, 6.45) is 0. The highest BCUT2D eigenvalue weighted by Crippen LogP contribution is 2.11. The summed E-state index contributed by atoms with van der Waals surface area (Å²) in [4.78, 5) is 16.2. The fraction of sp³-hybridized carbons (Fsp3) is 0.615. The van der Waals surface area contributed by atoms with Crippen LogP contribution in [0.5, 0.6) is 0 Å². The van der Waals surface area contributed by atoms with Crippen molar-refractivity contribution in [3.05, 3.63) is 22.4 Å². The molecule has 0 saturated carbocycles. The molecule has 1 aliphatic heterocycles.